The molecule has 0 saturated carbocycles. The second-order valence-electron chi connectivity index (χ2n) is 2.97. The molecule has 1 amide bonds. The number of aliphatic carboxylic acids is 1. The molecule has 0 bridgehead atoms. The Labute approximate surface area is 90.3 Å². The first-order chi connectivity index (χ1) is 7.08. The fourth-order valence-corrected chi connectivity index (χ4v) is 1.76. The number of carboxylic acid groups (broad SMARTS) is 1. The van der Waals surface area contributed by atoms with Crippen LogP contribution in [0.1, 0.15) is 4.88 Å². The van der Waals surface area contributed by atoms with Crippen LogP contribution in [-0.4, -0.2) is 40.0 Å². The van der Waals surface area contributed by atoms with Crippen LogP contribution >= 0.6 is 11.3 Å². The topological polar surface area (TPSA) is 96.5 Å². The number of hydrogen-bond donors (Lipinski definition) is 2. The van der Waals surface area contributed by atoms with Gasteiger partial charge in [-0.2, -0.15) is 0 Å². The Balaban J connectivity index is 2.55. The highest BCUT2D eigenvalue weighted by molar-refractivity contribution is 7.09. The van der Waals surface area contributed by atoms with Crippen LogP contribution in [0, 0.1) is 0 Å². The molecule has 15 heavy (non-hydrogen) atoms. The fourth-order valence-electron chi connectivity index (χ4n) is 1.12. The van der Waals surface area contributed by atoms with Crippen LogP contribution in [-0.2, 0) is 16.1 Å². The highest BCUT2D eigenvalue weighted by Gasteiger charge is 2.13. The molecule has 0 fully saturated rings. The number of rotatable bonds is 6. The maximum Gasteiger partial charge on any atom is 0.317 e. The minimum Gasteiger partial charge on any atom is -0.480 e. The number of carbonyl (C=O) groups excluding carboxylic acids is 1. The highest BCUT2D eigenvalue weighted by Crippen LogP contribution is 2.08. The van der Waals surface area contributed by atoms with E-state index >= 15 is 0 Å². The Morgan fingerprint density at radius 3 is 2.73 bits per heavy atom. The van der Waals surface area contributed by atoms with Gasteiger partial charge < -0.3 is 10.8 Å². The number of nitrogens with two attached hydrogens (primary N) is 1. The predicted molar refractivity (Wildman–Crippen MR) is 54.2 cm³/mol. The molecule has 82 valence electrons. The van der Waals surface area contributed by atoms with Gasteiger partial charge in [0, 0.05) is 17.6 Å². The van der Waals surface area contributed by atoms with Gasteiger partial charge in [0.25, 0.3) is 0 Å². The lowest BCUT2D eigenvalue weighted by molar-refractivity contribution is -0.138. The minimum atomic E-state index is -0.985. The van der Waals surface area contributed by atoms with Crippen molar-refractivity contribution in [3.8, 4) is 0 Å². The number of aromatic nitrogens is 1. The van der Waals surface area contributed by atoms with E-state index < -0.39 is 11.9 Å². The summed E-state index contributed by atoms with van der Waals surface area (Å²) >= 11 is 1.41. The van der Waals surface area contributed by atoms with E-state index in [0.29, 0.717) is 6.54 Å². The number of nitrogens with zero attached hydrogens (tertiary/aromatic N) is 2. The van der Waals surface area contributed by atoms with Crippen molar-refractivity contribution in [1.29, 1.82) is 0 Å². The molecule has 0 aliphatic heterocycles. The lowest BCUT2D eigenvalue weighted by atomic mass is 10.4. The van der Waals surface area contributed by atoms with Gasteiger partial charge in [-0.3, -0.25) is 19.5 Å². The number of carboxylic acids is 1. The van der Waals surface area contributed by atoms with Crippen LogP contribution < -0.4 is 5.73 Å². The molecule has 0 aliphatic carbocycles. The van der Waals surface area contributed by atoms with Crippen molar-refractivity contribution in [2.24, 2.45) is 5.73 Å². The van der Waals surface area contributed by atoms with Crippen molar-refractivity contribution in [3.63, 3.8) is 0 Å². The van der Waals surface area contributed by atoms with Crippen molar-refractivity contribution in [2.75, 3.05) is 13.1 Å². The minimum absolute atomic E-state index is 0.0653. The summed E-state index contributed by atoms with van der Waals surface area (Å²) in [5, 5.41) is 8.62. The molecule has 0 spiro atoms. The third-order valence-corrected chi connectivity index (χ3v) is 2.37. The molecule has 0 atom stereocenters. The summed E-state index contributed by atoms with van der Waals surface area (Å²) < 4.78 is 0. The smallest absolute Gasteiger partial charge is 0.317 e. The Morgan fingerprint density at radius 1 is 1.53 bits per heavy atom. The first-order valence-electron chi connectivity index (χ1n) is 4.17. The van der Waals surface area contributed by atoms with E-state index in [-0.39, 0.29) is 13.1 Å². The summed E-state index contributed by atoms with van der Waals surface area (Å²) in [5.74, 6) is -1.53. The lowest BCUT2D eigenvalue weighted by Gasteiger charge is -2.16. The Morgan fingerprint density at radius 2 is 2.27 bits per heavy atom. The monoisotopic (exact) mass is 229 g/mol. The molecule has 0 radical (unpaired) electrons. The second-order valence-corrected chi connectivity index (χ2v) is 3.94. The van der Waals surface area contributed by atoms with Gasteiger partial charge in [0.2, 0.25) is 5.91 Å². The number of primary amides is 1. The van der Waals surface area contributed by atoms with Crippen molar-refractivity contribution < 1.29 is 14.7 Å². The van der Waals surface area contributed by atoms with E-state index in [0.717, 1.165) is 4.88 Å². The number of thiazole rings is 1. The van der Waals surface area contributed by atoms with Crippen LogP contribution in [0.4, 0.5) is 0 Å². The first-order valence-corrected chi connectivity index (χ1v) is 5.05. The third-order valence-electron chi connectivity index (χ3n) is 1.60. The molecule has 6 nitrogen and oxygen atoms in total. The van der Waals surface area contributed by atoms with Crippen LogP contribution in [0.5, 0.6) is 0 Å². The zero-order valence-electron chi connectivity index (χ0n) is 7.92. The average molecular weight is 229 g/mol. The van der Waals surface area contributed by atoms with Gasteiger partial charge in [-0.05, 0) is 0 Å². The van der Waals surface area contributed by atoms with E-state index in [1.165, 1.54) is 16.2 Å². The predicted octanol–water partition coefficient (Wildman–Crippen LogP) is -0.485. The van der Waals surface area contributed by atoms with Gasteiger partial charge in [-0.25, -0.2) is 0 Å². The molecule has 3 N–H and O–H groups in total. The van der Waals surface area contributed by atoms with Gasteiger partial charge >= 0.3 is 5.97 Å². The van der Waals surface area contributed by atoms with E-state index in [4.69, 9.17) is 10.8 Å². The van der Waals surface area contributed by atoms with Crippen molar-refractivity contribution in [3.05, 3.63) is 16.6 Å². The molecule has 1 aromatic rings. The van der Waals surface area contributed by atoms with Gasteiger partial charge in [0.05, 0.1) is 18.6 Å². The quantitative estimate of drug-likeness (QED) is 0.686. The molecular formula is C8H11N3O3S. The fraction of sp³-hybridized carbons (Fsp3) is 0.375. The van der Waals surface area contributed by atoms with E-state index in [2.05, 4.69) is 4.98 Å². The van der Waals surface area contributed by atoms with Gasteiger partial charge in [0.1, 0.15) is 0 Å². The molecule has 0 aliphatic rings. The summed E-state index contributed by atoms with van der Waals surface area (Å²) in [6.07, 6.45) is 1.64. The molecule has 7 heteroatoms. The Bertz CT molecular complexity index is 323. The van der Waals surface area contributed by atoms with Crippen molar-refractivity contribution >= 4 is 23.2 Å². The molecule has 1 aromatic heterocycles. The lowest BCUT2D eigenvalue weighted by Crippen LogP contribution is -2.36. The first kappa shape index (κ1) is 11.6. The average Bonchev–Trinajstić information content (AvgIpc) is 2.53. The van der Waals surface area contributed by atoms with Crippen molar-refractivity contribution in [2.45, 2.75) is 6.54 Å². The zero-order valence-corrected chi connectivity index (χ0v) is 8.74. The standard InChI is InChI=1S/C8H11N3O3S/c9-7(12)3-11(4-8(13)14)2-6-1-10-5-15-6/h1,5H,2-4H2,(H2,9,12)(H,13,14). The zero-order chi connectivity index (χ0) is 11.3. The van der Waals surface area contributed by atoms with Gasteiger partial charge in [0.15, 0.2) is 0 Å². The van der Waals surface area contributed by atoms with E-state index in [9.17, 15) is 9.59 Å². The largest absolute Gasteiger partial charge is 0.480 e. The molecule has 0 saturated heterocycles. The van der Waals surface area contributed by atoms with Crippen molar-refractivity contribution in [1.82, 2.24) is 9.88 Å². The Kier molecular flexibility index (Phi) is 4.19. The number of carbonyl (C=O) groups is 2. The molecule has 1 rings (SSSR count). The van der Waals surface area contributed by atoms with E-state index in [1.54, 1.807) is 11.7 Å². The van der Waals surface area contributed by atoms with Crippen LogP contribution in [0.25, 0.3) is 0 Å². The number of amides is 1. The molecular weight excluding hydrogens is 218 g/mol. The molecule has 0 aromatic carbocycles. The number of hydrogen-bond acceptors (Lipinski definition) is 5. The summed E-state index contributed by atoms with van der Waals surface area (Å²) in [5.41, 5.74) is 6.66. The van der Waals surface area contributed by atoms with Crippen LogP contribution in [0.3, 0.4) is 0 Å². The third kappa shape index (κ3) is 4.52. The van der Waals surface area contributed by atoms with E-state index in [1.807, 2.05) is 0 Å². The van der Waals surface area contributed by atoms with Crippen LogP contribution in [0.15, 0.2) is 11.7 Å². The maximum atomic E-state index is 10.7. The summed E-state index contributed by atoms with van der Waals surface area (Å²) in [6.45, 7) is 0.102. The summed E-state index contributed by atoms with van der Waals surface area (Å²) in [6, 6.07) is 0. The molecule has 1 heterocycles. The normalized spacial score (nSPS) is 10.5. The highest BCUT2D eigenvalue weighted by atomic mass is 32.1. The molecule has 0 unspecified atom stereocenters. The summed E-state index contributed by atoms with van der Waals surface area (Å²) in [4.78, 5) is 27.4. The summed E-state index contributed by atoms with van der Waals surface area (Å²) in [7, 11) is 0. The maximum absolute atomic E-state index is 10.7. The second kappa shape index (κ2) is 5.42. The van der Waals surface area contributed by atoms with Gasteiger partial charge in [-0.1, -0.05) is 0 Å². The SMILES string of the molecule is NC(=O)CN(CC(=O)O)Cc1cncs1. The van der Waals surface area contributed by atoms with Crippen LogP contribution in [0.2, 0.25) is 0 Å². The Hall–Kier alpha value is -1.47. The van der Waals surface area contributed by atoms with Gasteiger partial charge in [-0.15, -0.1) is 11.3 Å².